The number of dihydropyridines is 1. The molecule has 1 aliphatic rings. The number of alkyl halides is 3. The Balaban J connectivity index is 1.86. The summed E-state index contributed by atoms with van der Waals surface area (Å²) in [6, 6.07) is 14.4. The van der Waals surface area contributed by atoms with Gasteiger partial charge in [0.1, 0.15) is 6.61 Å². The molecule has 0 aliphatic carbocycles. The van der Waals surface area contributed by atoms with Gasteiger partial charge in [-0.1, -0.05) is 48.5 Å². The molecule has 2 aromatic rings. The van der Waals surface area contributed by atoms with Gasteiger partial charge in [-0.3, -0.25) is 4.90 Å². The zero-order valence-electron chi connectivity index (χ0n) is 20.6. The molecule has 0 spiro atoms. The predicted octanol–water partition coefficient (Wildman–Crippen LogP) is 4.79. The third-order valence-electron chi connectivity index (χ3n) is 5.93. The zero-order chi connectivity index (χ0) is 26.5. The number of benzene rings is 2. The quantitative estimate of drug-likeness (QED) is 0.524. The Bertz CT molecular complexity index is 1170. The summed E-state index contributed by atoms with van der Waals surface area (Å²) in [5.74, 6) is -2.55. The van der Waals surface area contributed by atoms with Gasteiger partial charge in [0.2, 0.25) is 0 Å². The van der Waals surface area contributed by atoms with Gasteiger partial charge < -0.3 is 14.8 Å². The number of ether oxygens (including phenoxy) is 2. The molecule has 2 aromatic carbocycles. The number of allylic oxidation sites excluding steroid dienone is 2. The molecule has 0 fully saturated rings. The Morgan fingerprint density at radius 1 is 0.972 bits per heavy atom. The summed E-state index contributed by atoms with van der Waals surface area (Å²) in [5.41, 5.74) is 1.26. The fourth-order valence-corrected chi connectivity index (χ4v) is 4.22. The van der Waals surface area contributed by atoms with Crippen LogP contribution >= 0.6 is 0 Å². The second kappa shape index (κ2) is 11.4. The molecule has 0 amide bonds. The average molecular weight is 503 g/mol. The van der Waals surface area contributed by atoms with Gasteiger partial charge in [-0.15, -0.1) is 0 Å². The van der Waals surface area contributed by atoms with Crippen LogP contribution in [0.4, 0.5) is 13.2 Å². The van der Waals surface area contributed by atoms with Crippen LogP contribution < -0.4 is 5.32 Å². The number of rotatable bonds is 8. The lowest BCUT2D eigenvalue weighted by atomic mass is 9.80. The van der Waals surface area contributed by atoms with Crippen LogP contribution in [0.5, 0.6) is 0 Å². The molecule has 0 bridgehead atoms. The van der Waals surface area contributed by atoms with E-state index in [0.717, 1.165) is 17.7 Å². The number of carbonyl (C=O) groups is 2. The van der Waals surface area contributed by atoms with Crippen LogP contribution in [-0.4, -0.2) is 44.1 Å². The van der Waals surface area contributed by atoms with E-state index < -0.39 is 29.6 Å². The van der Waals surface area contributed by atoms with Crippen LogP contribution in [0.3, 0.4) is 0 Å². The number of hydrogen-bond donors (Lipinski definition) is 1. The van der Waals surface area contributed by atoms with Crippen molar-refractivity contribution >= 4 is 11.9 Å². The Kier molecular flexibility index (Phi) is 8.57. The van der Waals surface area contributed by atoms with E-state index in [1.165, 1.54) is 19.2 Å². The minimum atomic E-state index is -4.59. The molecular weight excluding hydrogens is 473 g/mol. The van der Waals surface area contributed by atoms with Gasteiger partial charge >= 0.3 is 18.1 Å². The largest absolute Gasteiger partial charge is 0.466 e. The van der Waals surface area contributed by atoms with Crippen molar-refractivity contribution in [3.8, 4) is 0 Å². The summed E-state index contributed by atoms with van der Waals surface area (Å²) >= 11 is 0. The monoisotopic (exact) mass is 502 g/mol. The van der Waals surface area contributed by atoms with Crippen LogP contribution in [0, 0.1) is 0 Å². The summed E-state index contributed by atoms with van der Waals surface area (Å²) < 4.78 is 50.8. The molecule has 192 valence electrons. The summed E-state index contributed by atoms with van der Waals surface area (Å²) in [6.07, 6.45) is -4.59. The zero-order valence-corrected chi connectivity index (χ0v) is 20.6. The normalized spacial score (nSPS) is 16.2. The summed E-state index contributed by atoms with van der Waals surface area (Å²) in [6.45, 7) is 4.38. The van der Waals surface area contributed by atoms with E-state index in [-0.39, 0.29) is 23.3 Å². The van der Waals surface area contributed by atoms with Crippen molar-refractivity contribution in [2.24, 2.45) is 0 Å². The third-order valence-corrected chi connectivity index (χ3v) is 5.93. The van der Waals surface area contributed by atoms with Crippen LogP contribution in [0.25, 0.3) is 0 Å². The van der Waals surface area contributed by atoms with E-state index in [1.54, 1.807) is 13.8 Å². The Hall–Kier alpha value is -3.59. The maximum atomic E-state index is 13.4. The van der Waals surface area contributed by atoms with Crippen molar-refractivity contribution in [3.63, 3.8) is 0 Å². The third kappa shape index (κ3) is 6.34. The van der Waals surface area contributed by atoms with Gasteiger partial charge in [0.05, 0.1) is 29.7 Å². The molecule has 1 aliphatic heterocycles. The van der Waals surface area contributed by atoms with Crippen molar-refractivity contribution in [1.82, 2.24) is 10.2 Å². The smallest absolute Gasteiger partial charge is 0.416 e. The first-order chi connectivity index (χ1) is 17.0. The molecule has 0 radical (unpaired) electrons. The van der Waals surface area contributed by atoms with Crippen LogP contribution in [0.15, 0.2) is 77.1 Å². The molecule has 3 rings (SSSR count). The highest BCUT2D eigenvalue weighted by molar-refractivity contribution is 5.99. The SMILES string of the molecule is COC(=O)C1=C(C)NC(C)=C(C(=O)OCCN(C)Cc2ccccc2)C1c1cccc(C(F)(F)F)c1. The van der Waals surface area contributed by atoms with Gasteiger partial charge in [-0.25, -0.2) is 9.59 Å². The first-order valence-corrected chi connectivity index (χ1v) is 11.4. The van der Waals surface area contributed by atoms with Crippen LogP contribution in [0.1, 0.15) is 36.5 Å². The fourth-order valence-electron chi connectivity index (χ4n) is 4.22. The number of nitrogens with zero attached hydrogens (tertiary/aromatic N) is 1. The lowest BCUT2D eigenvalue weighted by Gasteiger charge is -2.30. The van der Waals surface area contributed by atoms with Crippen molar-refractivity contribution in [3.05, 3.63) is 93.8 Å². The molecule has 0 aromatic heterocycles. The van der Waals surface area contributed by atoms with Gasteiger partial charge in [0.15, 0.2) is 0 Å². The number of hydrogen-bond acceptors (Lipinski definition) is 6. The highest BCUT2D eigenvalue weighted by Gasteiger charge is 2.39. The standard InChI is InChI=1S/C27H29F3N2O4/c1-17-22(25(33)35-4)24(20-11-8-12-21(15-20)27(28,29)30)23(18(2)31-17)26(34)36-14-13-32(3)16-19-9-6-5-7-10-19/h5-12,15,24,31H,13-14,16H2,1-4H3. The van der Waals surface area contributed by atoms with Crippen molar-refractivity contribution < 1.29 is 32.2 Å². The van der Waals surface area contributed by atoms with Gasteiger partial charge in [0, 0.05) is 24.5 Å². The molecular formula is C27H29F3N2O4. The van der Waals surface area contributed by atoms with E-state index in [4.69, 9.17) is 9.47 Å². The minimum Gasteiger partial charge on any atom is -0.466 e. The number of carbonyl (C=O) groups excluding carboxylic acids is 2. The number of likely N-dealkylation sites (N-methyl/N-ethyl adjacent to an activating group) is 1. The van der Waals surface area contributed by atoms with Crippen LogP contribution in [0.2, 0.25) is 0 Å². The molecule has 1 heterocycles. The first kappa shape index (κ1) is 27.0. The van der Waals surface area contributed by atoms with Gasteiger partial charge in [-0.2, -0.15) is 13.2 Å². The molecule has 9 heteroatoms. The second-order valence-electron chi connectivity index (χ2n) is 8.61. The first-order valence-electron chi connectivity index (χ1n) is 11.4. The van der Waals surface area contributed by atoms with E-state index in [2.05, 4.69) is 5.32 Å². The highest BCUT2D eigenvalue weighted by atomic mass is 19.4. The number of nitrogens with one attached hydrogen (secondary N) is 1. The lowest BCUT2D eigenvalue weighted by molar-refractivity contribution is -0.140. The van der Waals surface area contributed by atoms with E-state index in [1.807, 2.05) is 42.3 Å². The summed E-state index contributed by atoms with van der Waals surface area (Å²) in [4.78, 5) is 27.9. The van der Waals surface area contributed by atoms with E-state index >= 15 is 0 Å². The Morgan fingerprint density at radius 3 is 2.22 bits per heavy atom. The maximum absolute atomic E-state index is 13.4. The fraction of sp³-hybridized carbons (Fsp3) is 0.333. The number of methoxy groups -OCH3 is 1. The van der Waals surface area contributed by atoms with E-state index in [9.17, 15) is 22.8 Å². The molecule has 0 saturated heterocycles. The van der Waals surface area contributed by atoms with E-state index in [0.29, 0.717) is 24.5 Å². The lowest BCUT2D eigenvalue weighted by Crippen LogP contribution is -2.33. The van der Waals surface area contributed by atoms with Crippen molar-refractivity contribution in [2.75, 3.05) is 27.3 Å². The Morgan fingerprint density at radius 2 is 1.61 bits per heavy atom. The average Bonchev–Trinajstić information content (AvgIpc) is 2.83. The van der Waals surface area contributed by atoms with Crippen LogP contribution in [-0.2, 0) is 31.8 Å². The summed E-state index contributed by atoms with van der Waals surface area (Å²) in [5, 5.41) is 2.98. The Labute approximate surface area is 208 Å². The molecule has 1 atom stereocenters. The topological polar surface area (TPSA) is 67.9 Å². The molecule has 0 saturated carbocycles. The summed E-state index contributed by atoms with van der Waals surface area (Å²) in [7, 11) is 3.07. The second-order valence-corrected chi connectivity index (χ2v) is 8.61. The van der Waals surface area contributed by atoms with Gasteiger partial charge in [0.25, 0.3) is 0 Å². The van der Waals surface area contributed by atoms with Gasteiger partial charge in [-0.05, 0) is 38.1 Å². The highest BCUT2D eigenvalue weighted by Crippen LogP contribution is 2.41. The maximum Gasteiger partial charge on any atom is 0.416 e. The minimum absolute atomic E-state index is 0.0515. The molecule has 1 N–H and O–H groups in total. The number of esters is 2. The molecule has 36 heavy (non-hydrogen) atoms. The number of halogens is 3. The molecule has 1 unspecified atom stereocenters. The van der Waals surface area contributed by atoms with Crippen molar-refractivity contribution in [2.45, 2.75) is 32.5 Å². The van der Waals surface area contributed by atoms with Crippen molar-refractivity contribution in [1.29, 1.82) is 0 Å². The molecule has 6 nitrogen and oxygen atoms in total. The predicted molar refractivity (Wildman–Crippen MR) is 128 cm³/mol.